The SMILES string of the molecule is Sc1csnn1.[H-].[Na+]. The van der Waals surface area contributed by atoms with Crippen molar-refractivity contribution in [2.45, 2.75) is 5.03 Å². The monoisotopic (exact) mass is 142 g/mol. The van der Waals surface area contributed by atoms with Gasteiger partial charge in [-0.3, -0.25) is 0 Å². The van der Waals surface area contributed by atoms with Gasteiger partial charge in [0.05, 0.1) is 0 Å². The Morgan fingerprint density at radius 3 is 2.71 bits per heavy atom. The van der Waals surface area contributed by atoms with Gasteiger partial charge in [0.1, 0.15) is 5.03 Å². The van der Waals surface area contributed by atoms with Gasteiger partial charge in [0.15, 0.2) is 0 Å². The molecule has 0 aliphatic heterocycles. The van der Waals surface area contributed by atoms with E-state index in [-0.39, 0.29) is 31.0 Å². The van der Waals surface area contributed by atoms with Gasteiger partial charge in [-0.15, -0.1) is 17.7 Å². The molecule has 0 bridgehead atoms. The number of thiol groups is 1. The Morgan fingerprint density at radius 2 is 2.57 bits per heavy atom. The van der Waals surface area contributed by atoms with Crippen LogP contribution in [-0.4, -0.2) is 9.59 Å². The molecule has 0 atom stereocenters. The third-order valence-corrected chi connectivity index (χ3v) is 1.25. The maximum Gasteiger partial charge on any atom is 1.00 e. The summed E-state index contributed by atoms with van der Waals surface area (Å²) in [6, 6.07) is 0. The predicted molar refractivity (Wildman–Crippen MR) is 28.3 cm³/mol. The molecule has 0 N–H and O–H groups in total. The fourth-order valence-electron chi connectivity index (χ4n) is 0.160. The van der Waals surface area contributed by atoms with Crippen LogP contribution in [0.25, 0.3) is 0 Å². The maximum absolute atomic E-state index is 3.87. The molecule has 0 saturated heterocycles. The van der Waals surface area contributed by atoms with Crippen molar-refractivity contribution in [1.82, 2.24) is 9.59 Å². The molecular weight excluding hydrogens is 139 g/mol. The van der Waals surface area contributed by atoms with Gasteiger partial charge in [0, 0.05) is 5.38 Å². The topological polar surface area (TPSA) is 25.8 Å². The molecule has 0 aliphatic carbocycles. The summed E-state index contributed by atoms with van der Waals surface area (Å²) in [5, 5.41) is 6.01. The number of nitrogens with zero attached hydrogens (tertiary/aromatic N) is 2. The fourth-order valence-corrected chi connectivity index (χ4v) is 0.730. The third-order valence-electron chi connectivity index (χ3n) is 0.349. The number of aromatic nitrogens is 2. The van der Waals surface area contributed by atoms with E-state index < -0.39 is 0 Å². The van der Waals surface area contributed by atoms with Gasteiger partial charge in [0.25, 0.3) is 0 Å². The van der Waals surface area contributed by atoms with Crippen molar-refractivity contribution in [3.8, 4) is 0 Å². The number of hydrogen-bond donors (Lipinski definition) is 1. The molecule has 0 radical (unpaired) electrons. The van der Waals surface area contributed by atoms with E-state index in [1.54, 1.807) is 5.38 Å². The fraction of sp³-hybridized carbons (Fsp3) is 0. The molecule has 1 rings (SSSR count). The van der Waals surface area contributed by atoms with Crippen molar-refractivity contribution in [2.24, 2.45) is 0 Å². The molecule has 5 heteroatoms. The summed E-state index contributed by atoms with van der Waals surface area (Å²) in [4.78, 5) is 0. The average molecular weight is 142 g/mol. The van der Waals surface area contributed by atoms with Crippen LogP contribution in [0.1, 0.15) is 1.43 Å². The van der Waals surface area contributed by atoms with Crippen molar-refractivity contribution in [2.75, 3.05) is 0 Å². The van der Waals surface area contributed by atoms with Crippen LogP contribution in [0.15, 0.2) is 10.4 Å². The predicted octanol–water partition coefficient (Wildman–Crippen LogP) is -2.06. The van der Waals surface area contributed by atoms with Gasteiger partial charge in [-0.2, -0.15) is 0 Å². The summed E-state index contributed by atoms with van der Waals surface area (Å²) >= 11 is 5.17. The molecule has 1 aromatic heterocycles. The molecule has 0 unspecified atom stereocenters. The summed E-state index contributed by atoms with van der Waals surface area (Å²) in [5.74, 6) is 0. The van der Waals surface area contributed by atoms with Crippen LogP contribution in [0, 0.1) is 0 Å². The van der Waals surface area contributed by atoms with E-state index in [2.05, 4.69) is 22.2 Å². The van der Waals surface area contributed by atoms with E-state index >= 15 is 0 Å². The second-order valence-electron chi connectivity index (χ2n) is 0.763. The van der Waals surface area contributed by atoms with Crippen molar-refractivity contribution in [3.63, 3.8) is 0 Å². The van der Waals surface area contributed by atoms with Gasteiger partial charge in [-0.25, -0.2) is 0 Å². The van der Waals surface area contributed by atoms with Crippen molar-refractivity contribution in [1.29, 1.82) is 0 Å². The van der Waals surface area contributed by atoms with Gasteiger partial charge >= 0.3 is 29.6 Å². The number of hydrogen-bond acceptors (Lipinski definition) is 4. The van der Waals surface area contributed by atoms with E-state index in [4.69, 9.17) is 0 Å². The van der Waals surface area contributed by atoms with Crippen LogP contribution in [0.3, 0.4) is 0 Å². The molecule has 0 spiro atoms. The summed E-state index contributed by atoms with van der Waals surface area (Å²) < 4.78 is 3.54. The molecule has 1 heterocycles. The zero-order chi connectivity index (χ0) is 4.41. The first-order valence-corrected chi connectivity index (χ1v) is 2.64. The van der Waals surface area contributed by atoms with Crippen molar-refractivity contribution >= 4 is 24.2 Å². The minimum Gasteiger partial charge on any atom is -1.00 e. The van der Waals surface area contributed by atoms with Gasteiger partial charge in [-0.1, -0.05) is 4.49 Å². The van der Waals surface area contributed by atoms with E-state index in [9.17, 15) is 0 Å². The second kappa shape index (κ2) is 3.86. The van der Waals surface area contributed by atoms with Crippen molar-refractivity contribution < 1.29 is 31.0 Å². The Morgan fingerprint density at radius 1 is 1.86 bits per heavy atom. The Hall–Kier alpha value is 0.910. The minimum atomic E-state index is 0. The minimum absolute atomic E-state index is 0. The zero-order valence-corrected chi connectivity index (χ0v) is 7.54. The van der Waals surface area contributed by atoms with E-state index in [1.807, 2.05) is 0 Å². The molecule has 0 fully saturated rings. The Balaban J connectivity index is 0. The average Bonchev–Trinajstić information content (AvgIpc) is 1.86. The zero-order valence-electron chi connectivity index (χ0n) is 4.83. The van der Waals surface area contributed by atoms with Crippen LogP contribution < -0.4 is 29.6 Å². The molecule has 0 aliphatic rings. The van der Waals surface area contributed by atoms with E-state index in [0.717, 1.165) is 0 Å². The first kappa shape index (κ1) is 7.91. The summed E-state index contributed by atoms with van der Waals surface area (Å²) in [5.41, 5.74) is 0. The Kier molecular flexibility index (Phi) is 4.36. The van der Waals surface area contributed by atoms with Crippen LogP contribution in [0.2, 0.25) is 0 Å². The molecular formula is C2H3N2NaS2. The van der Waals surface area contributed by atoms with Gasteiger partial charge < -0.3 is 1.43 Å². The van der Waals surface area contributed by atoms with Crippen LogP contribution in [0.4, 0.5) is 0 Å². The van der Waals surface area contributed by atoms with Crippen molar-refractivity contribution in [3.05, 3.63) is 5.38 Å². The first-order chi connectivity index (χ1) is 2.89. The molecule has 0 amide bonds. The first-order valence-electron chi connectivity index (χ1n) is 1.35. The normalized spacial score (nSPS) is 7.57. The molecule has 2 nitrogen and oxygen atoms in total. The maximum atomic E-state index is 3.87. The van der Waals surface area contributed by atoms with E-state index in [1.165, 1.54) is 11.5 Å². The Bertz CT molecular complexity index is 122. The van der Waals surface area contributed by atoms with E-state index in [0.29, 0.717) is 5.03 Å². The largest absolute Gasteiger partial charge is 1.00 e. The van der Waals surface area contributed by atoms with Gasteiger partial charge in [0.2, 0.25) is 0 Å². The molecule has 0 aromatic carbocycles. The summed E-state index contributed by atoms with van der Waals surface area (Å²) in [6.07, 6.45) is 0. The van der Waals surface area contributed by atoms with Crippen LogP contribution in [0.5, 0.6) is 0 Å². The molecule has 7 heavy (non-hydrogen) atoms. The second-order valence-corrected chi connectivity index (χ2v) is 1.83. The molecule has 0 saturated carbocycles. The van der Waals surface area contributed by atoms with Crippen LogP contribution >= 0.6 is 24.2 Å². The molecule has 1 aromatic rings. The summed E-state index contributed by atoms with van der Waals surface area (Å²) in [7, 11) is 0. The summed E-state index contributed by atoms with van der Waals surface area (Å²) in [6.45, 7) is 0. The smallest absolute Gasteiger partial charge is 1.00 e. The number of rotatable bonds is 0. The Labute approximate surface area is 74.7 Å². The molecule has 34 valence electrons. The standard InChI is InChI=1S/C2H2N2S2.Na.H/c5-2-1-6-4-3-2;;/h1,5H;;/q;+1;-1. The van der Waals surface area contributed by atoms with Gasteiger partial charge in [-0.05, 0) is 11.5 Å². The quantitative estimate of drug-likeness (QED) is 0.333. The third kappa shape index (κ3) is 2.66. The van der Waals surface area contributed by atoms with Crippen LogP contribution in [-0.2, 0) is 0 Å².